The maximum absolute atomic E-state index is 12.8. The molecule has 2 N–H and O–H groups in total. The predicted octanol–water partition coefficient (Wildman–Crippen LogP) is 4.11. The fourth-order valence-electron chi connectivity index (χ4n) is 3.76. The van der Waals surface area contributed by atoms with Gasteiger partial charge in [0.25, 0.3) is 11.8 Å². The second-order valence-corrected chi connectivity index (χ2v) is 7.36. The molecule has 0 radical (unpaired) electrons. The van der Waals surface area contributed by atoms with Gasteiger partial charge in [-0.15, -0.1) is 0 Å². The highest BCUT2D eigenvalue weighted by Crippen LogP contribution is 2.34. The molecule has 0 aromatic heterocycles. The number of nitrogens with zero attached hydrogens (tertiary/aromatic N) is 1. The Bertz CT molecular complexity index is 1240. The van der Waals surface area contributed by atoms with E-state index in [0.717, 1.165) is 0 Å². The normalized spacial score (nSPS) is 12.7. The van der Waals surface area contributed by atoms with E-state index in [2.05, 4.69) is 5.32 Å². The van der Waals surface area contributed by atoms with Gasteiger partial charge >= 0.3 is 6.09 Å². The maximum atomic E-state index is 12.8. The van der Waals surface area contributed by atoms with Crippen molar-refractivity contribution in [1.29, 1.82) is 0 Å². The molecule has 4 rings (SSSR count). The number of ether oxygens (including phenoxy) is 1. The Kier molecular flexibility index (Phi) is 5.59. The minimum absolute atomic E-state index is 0.122. The van der Waals surface area contributed by atoms with E-state index in [1.165, 1.54) is 17.0 Å². The Morgan fingerprint density at radius 3 is 2.53 bits per heavy atom. The highest BCUT2D eigenvalue weighted by molar-refractivity contribution is 6.27. The first kappa shape index (κ1) is 21.0. The van der Waals surface area contributed by atoms with Crippen molar-refractivity contribution in [1.82, 2.24) is 4.90 Å². The molecule has 8 nitrogen and oxygen atoms in total. The van der Waals surface area contributed by atoms with E-state index < -0.39 is 6.09 Å². The third-order valence-electron chi connectivity index (χ3n) is 5.27. The molecule has 0 fully saturated rings. The number of hydrogen-bond acceptors (Lipinski definition) is 6. The molecule has 3 amide bonds. The number of carbonyl (C=O) groups excluding carboxylic acids is 4. The van der Waals surface area contributed by atoms with Crippen LogP contribution in [0.3, 0.4) is 0 Å². The zero-order valence-electron chi connectivity index (χ0n) is 17.3. The number of hydrogen-bond donors (Lipinski definition) is 2. The van der Waals surface area contributed by atoms with E-state index in [9.17, 15) is 24.3 Å². The summed E-state index contributed by atoms with van der Waals surface area (Å²) in [7, 11) is 0. The average molecular weight is 432 g/mol. The highest BCUT2D eigenvalue weighted by Gasteiger charge is 2.32. The van der Waals surface area contributed by atoms with Crippen molar-refractivity contribution in [3.63, 3.8) is 0 Å². The van der Waals surface area contributed by atoms with Crippen LogP contribution in [0, 0.1) is 0 Å². The number of amides is 3. The molecule has 0 bridgehead atoms. The number of aldehydes is 1. The number of imide groups is 1. The Morgan fingerprint density at radius 1 is 1.09 bits per heavy atom. The molecule has 0 aliphatic carbocycles. The van der Waals surface area contributed by atoms with E-state index in [4.69, 9.17) is 4.74 Å². The van der Waals surface area contributed by atoms with Gasteiger partial charge in [0.1, 0.15) is 12.4 Å². The number of nitrogens with one attached hydrogen (secondary N) is 1. The van der Waals surface area contributed by atoms with Gasteiger partial charge in [0.05, 0.1) is 11.3 Å². The highest BCUT2D eigenvalue weighted by atomic mass is 16.5. The Hall–Kier alpha value is -4.20. The quantitative estimate of drug-likeness (QED) is 0.448. The molecule has 1 aliphatic heterocycles. The van der Waals surface area contributed by atoms with Crippen molar-refractivity contribution in [3.8, 4) is 5.75 Å². The molecule has 3 aromatic rings. The van der Waals surface area contributed by atoms with Crippen molar-refractivity contribution >= 4 is 40.7 Å². The van der Waals surface area contributed by atoms with Gasteiger partial charge in [0.15, 0.2) is 6.29 Å². The SMILES string of the molecule is CCCN1C(=O)c2cccc3c(NC(=O)OCc4ccc(C=O)c(O)c4)ccc(c23)C1=O. The predicted molar refractivity (Wildman–Crippen MR) is 117 cm³/mol. The first-order valence-electron chi connectivity index (χ1n) is 10.1. The summed E-state index contributed by atoms with van der Waals surface area (Å²) in [6.45, 7) is 2.11. The van der Waals surface area contributed by atoms with Crippen LogP contribution in [0.1, 0.15) is 50.0 Å². The maximum Gasteiger partial charge on any atom is 0.411 e. The van der Waals surface area contributed by atoms with Crippen LogP contribution >= 0.6 is 0 Å². The molecule has 32 heavy (non-hydrogen) atoms. The van der Waals surface area contributed by atoms with E-state index in [1.807, 2.05) is 6.92 Å². The van der Waals surface area contributed by atoms with Gasteiger partial charge in [-0.25, -0.2) is 4.79 Å². The molecule has 162 valence electrons. The molecule has 0 unspecified atom stereocenters. The van der Waals surface area contributed by atoms with Crippen molar-refractivity contribution in [2.24, 2.45) is 0 Å². The lowest BCUT2D eigenvalue weighted by Crippen LogP contribution is -2.40. The molecular formula is C24H20N2O6. The molecule has 0 atom stereocenters. The minimum atomic E-state index is -0.745. The molecule has 0 saturated heterocycles. The van der Waals surface area contributed by atoms with Crippen LogP contribution in [0.15, 0.2) is 48.5 Å². The standard InChI is InChI=1S/C24H20N2O6/c1-2-10-26-22(29)17-5-3-4-16-19(9-8-18(21(16)17)23(26)30)25-24(31)32-13-14-6-7-15(12-27)20(28)11-14/h3-9,11-12,28H,2,10,13H2,1H3,(H,25,31). The van der Waals surface area contributed by atoms with Crippen LogP contribution in [0.5, 0.6) is 5.75 Å². The third kappa shape index (κ3) is 3.66. The number of anilines is 1. The summed E-state index contributed by atoms with van der Waals surface area (Å²) in [6, 6.07) is 12.6. The zero-order valence-corrected chi connectivity index (χ0v) is 17.3. The molecule has 0 spiro atoms. The average Bonchev–Trinajstić information content (AvgIpc) is 2.79. The van der Waals surface area contributed by atoms with Crippen LogP contribution in [-0.4, -0.2) is 40.7 Å². The van der Waals surface area contributed by atoms with Crippen LogP contribution in [0.2, 0.25) is 0 Å². The van der Waals surface area contributed by atoms with Crippen molar-refractivity contribution in [3.05, 3.63) is 70.8 Å². The first-order valence-corrected chi connectivity index (χ1v) is 10.1. The van der Waals surface area contributed by atoms with Gasteiger partial charge in [0, 0.05) is 28.4 Å². The Morgan fingerprint density at radius 2 is 1.84 bits per heavy atom. The van der Waals surface area contributed by atoms with Crippen LogP contribution in [0.4, 0.5) is 10.5 Å². The van der Waals surface area contributed by atoms with Crippen LogP contribution < -0.4 is 5.32 Å². The minimum Gasteiger partial charge on any atom is -0.507 e. The topological polar surface area (TPSA) is 113 Å². The summed E-state index contributed by atoms with van der Waals surface area (Å²) in [5.74, 6) is -0.905. The van der Waals surface area contributed by atoms with E-state index >= 15 is 0 Å². The molecule has 1 heterocycles. The zero-order chi connectivity index (χ0) is 22.8. The van der Waals surface area contributed by atoms with Gasteiger partial charge in [-0.1, -0.05) is 25.1 Å². The van der Waals surface area contributed by atoms with Crippen LogP contribution in [-0.2, 0) is 11.3 Å². The summed E-state index contributed by atoms with van der Waals surface area (Å²) in [6.07, 6.45) is 0.441. The van der Waals surface area contributed by atoms with Gasteiger partial charge in [0.2, 0.25) is 0 Å². The molecule has 3 aromatic carbocycles. The second-order valence-electron chi connectivity index (χ2n) is 7.36. The van der Waals surface area contributed by atoms with Crippen molar-refractivity contribution in [2.75, 3.05) is 11.9 Å². The monoisotopic (exact) mass is 432 g/mol. The lowest BCUT2D eigenvalue weighted by Gasteiger charge is -2.27. The van der Waals surface area contributed by atoms with E-state index in [1.54, 1.807) is 36.4 Å². The number of benzene rings is 3. The van der Waals surface area contributed by atoms with Gasteiger partial charge in [-0.05, 0) is 42.3 Å². The summed E-state index contributed by atoms with van der Waals surface area (Å²) in [4.78, 5) is 50.0. The van der Waals surface area contributed by atoms with Gasteiger partial charge in [-0.2, -0.15) is 0 Å². The van der Waals surface area contributed by atoms with Crippen molar-refractivity contribution in [2.45, 2.75) is 20.0 Å². The molecule has 0 saturated carbocycles. The lowest BCUT2D eigenvalue weighted by molar-refractivity contribution is 0.0610. The number of phenolic OH excluding ortho intramolecular Hbond substituents is 1. The van der Waals surface area contributed by atoms with Gasteiger partial charge in [-0.3, -0.25) is 24.6 Å². The molecule has 8 heteroatoms. The Labute approximate surface area is 183 Å². The summed E-state index contributed by atoms with van der Waals surface area (Å²) in [5, 5.41) is 13.4. The fraction of sp³-hybridized carbons (Fsp3) is 0.167. The van der Waals surface area contributed by atoms with Crippen molar-refractivity contribution < 1.29 is 29.0 Å². The number of aromatic hydroxyl groups is 1. The largest absolute Gasteiger partial charge is 0.507 e. The fourth-order valence-corrected chi connectivity index (χ4v) is 3.76. The third-order valence-corrected chi connectivity index (χ3v) is 5.27. The smallest absolute Gasteiger partial charge is 0.411 e. The van der Waals surface area contributed by atoms with E-state index in [0.29, 0.717) is 52.4 Å². The first-order chi connectivity index (χ1) is 15.4. The van der Waals surface area contributed by atoms with Gasteiger partial charge < -0.3 is 9.84 Å². The second kappa shape index (κ2) is 8.50. The number of carbonyl (C=O) groups is 4. The summed E-state index contributed by atoms with van der Waals surface area (Å²) < 4.78 is 5.21. The Balaban J connectivity index is 1.57. The van der Waals surface area contributed by atoms with E-state index in [-0.39, 0.29) is 29.7 Å². The summed E-state index contributed by atoms with van der Waals surface area (Å²) in [5.41, 5.74) is 1.87. The van der Waals surface area contributed by atoms with Crippen LogP contribution in [0.25, 0.3) is 10.8 Å². The number of phenols is 1. The molecule has 1 aliphatic rings. The summed E-state index contributed by atoms with van der Waals surface area (Å²) >= 11 is 0. The number of rotatable bonds is 6. The lowest BCUT2D eigenvalue weighted by atomic mass is 9.93. The molecular weight excluding hydrogens is 412 g/mol.